The molecule has 0 atom stereocenters. The van der Waals surface area contributed by atoms with E-state index in [0.717, 1.165) is 40.8 Å². The molecule has 0 radical (unpaired) electrons. The fourth-order valence-electron chi connectivity index (χ4n) is 2.13. The minimum atomic E-state index is 0.579. The Labute approximate surface area is 128 Å². The van der Waals surface area contributed by atoms with E-state index in [-0.39, 0.29) is 0 Å². The van der Waals surface area contributed by atoms with Crippen LogP contribution in [0.15, 0.2) is 28.9 Å². The molecule has 0 fully saturated rings. The Morgan fingerprint density at radius 1 is 1.30 bits per heavy atom. The molecule has 0 aliphatic heterocycles. The molecular formula is C15H20BrN3O. The predicted molar refractivity (Wildman–Crippen MR) is 87.1 cm³/mol. The van der Waals surface area contributed by atoms with Gasteiger partial charge >= 0.3 is 0 Å². The molecule has 2 rings (SSSR count). The molecule has 0 aliphatic carbocycles. The Hall–Kier alpha value is -1.33. The molecule has 0 saturated heterocycles. The van der Waals surface area contributed by atoms with Gasteiger partial charge in [0.1, 0.15) is 6.61 Å². The second-order valence-electron chi connectivity index (χ2n) is 4.58. The summed E-state index contributed by atoms with van der Waals surface area (Å²) in [6.45, 7) is 7.87. The van der Waals surface area contributed by atoms with E-state index in [9.17, 15) is 0 Å². The second-order valence-corrected chi connectivity index (χ2v) is 5.50. The Kier molecular flexibility index (Phi) is 5.20. The highest BCUT2D eigenvalue weighted by molar-refractivity contribution is 9.10. The largest absolute Gasteiger partial charge is 0.489 e. The summed E-state index contributed by atoms with van der Waals surface area (Å²) in [6.07, 6.45) is 1.66. The third-order valence-corrected chi connectivity index (χ3v) is 3.85. The zero-order chi connectivity index (χ0) is 14.5. The third-order valence-electron chi connectivity index (χ3n) is 3.36. The van der Waals surface area contributed by atoms with Crippen LogP contribution in [-0.4, -0.2) is 36.1 Å². The average molecular weight is 338 g/mol. The molecule has 2 aromatic rings. The number of nitrogen functional groups attached to an aromatic ring is 1. The van der Waals surface area contributed by atoms with Gasteiger partial charge in [-0.2, -0.15) is 0 Å². The maximum atomic E-state index is 6.00. The summed E-state index contributed by atoms with van der Waals surface area (Å²) in [5.41, 5.74) is 7.47. The summed E-state index contributed by atoms with van der Waals surface area (Å²) in [5.74, 6) is 0.725. The van der Waals surface area contributed by atoms with Gasteiger partial charge in [0.05, 0.1) is 17.4 Å². The van der Waals surface area contributed by atoms with Crippen molar-refractivity contribution in [2.75, 3.05) is 32.0 Å². The highest BCUT2D eigenvalue weighted by atomic mass is 79.9. The Morgan fingerprint density at radius 3 is 2.75 bits per heavy atom. The molecule has 1 aromatic carbocycles. The van der Waals surface area contributed by atoms with Gasteiger partial charge in [0.25, 0.3) is 0 Å². The number of halogens is 1. The molecule has 1 aromatic heterocycles. The van der Waals surface area contributed by atoms with E-state index < -0.39 is 0 Å². The Balaban J connectivity index is 2.20. The molecule has 20 heavy (non-hydrogen) atoms. The van der Waals surface area contributed by atoms with Gasteiger partial charge in [-0.15, -0.1) is 0 Å². The first kappa shape index (κ1) is 15.1. The van der Waals surface area contributed by atoms with Crippen molar-refractivity contribution in [3.63, 3.8) is 0 Å². The summed E-state index contributed by atoms with van der Waals surface area (Å²) in [4.78, 5) is 6.64. The van der Waals surface area contributed by atoms with Gasteiger partial charge in [0, 0.05) is 16.4 Å². The van der Waals surface area contributed by atoms with Gasteiger partial charge in [-0.05, 0) is 31.3 Å². The number of benzene rings is 1. The topological polar surface area (TPSA) is 51.4 Å². The number of hydrogen-bond acceptors (Lipinski definition) is 4. The minimum absolute atomic E-state index is 0.579. The molecule has 1 heterocycles. The lowest BCUT2D eigenvalue weighted by Gasteiger charge is -2.19. The van der Waals surface area contributed by atoms with Crippen LogP contribution in [0, 0.1) is 0 Å². The number of rotatable bonds is 6. The number of pyridine rings is 1. The standard InChI is InChI=1S/C15H20BrN3O/c1-3-19(4-2)7-8-20-15-12-9-11(16)5-6-14(12)18-10-13(15)17/h5-6,9-10H,3-4,7-8,17H2,1-2H3. The monoisotopic (exact) mass is 337 g/mol. The fourth-order valence-corrected chi connectivity index (χ4v) is 2.49. The van der Waals surface area contributed by atoms with Crippen molar-refractivity contribution in [1.82, 2.24) is 9.88 Å². The van der Waals surface area contributed by atoms with E-state index in [0.29, 0.717) is 12.3 Å². The lowest BCUT2D eigenvalue weighted by Crippen LogP contribution is -2.28. The third kappa shape index (κ3) is 3.41. The van der Waals surface area contributed by atoms with Crippen LogP contribution < -0.4 is 10.5 Å². The van der Waals surface area contributed by atoms with Crippen molar-refractivity contribution >= 4 is 32.5 Å². The van der Waals surface area contributed by atoms with Crippen molar-refractivity contribution in [2.24, 2.45) is 0 Å². The van der Waals surface area contributed by atoms with E-state index in [4.69, 9.17) is 10.5 Å². The summed E-state index contributed by atoms with van der Waals surface area (Å²) in [6, 6.07) is 5.91. The fraction of sp³-hybridized carbons (Fsp3) is 0.400. The quantitative estimate of drug-likeness (QED) is 0.878. The molecule has 0 spiro atoms. The number of hydrogen-bond donors (Lipinski definition) is 1. The molecule has 4 nitrogen and oxygen atoms in total. The van der Waals surface area contributed by atoms with Crippen LogP contribution in [0.1, 0.15) is 13.8 Å². The molecule has 2 N–H and O–H groups in total. The number of nitrogens with zero attached hydrogens (tertiary/aromatic N) is 2. The molecule has 0 aliphatic rings. The van der Waals surface area contributed by atoms with Crippen LogP contribution in [0.3, 0.4) is 0 Å². The van der Waals surface area contributed by atoms with Gasteiger partial charge in [0.2, 0.25) is 0 Å². The molecule has 0 saturated carbocycles. The highest BCUT2D eigenvalue weighted by Crippen LogP contribution is 2.32. The number of ether oxygens (including phenoxy) is 1. The molecule has 5 heteroatoms. The zero-order valence-electron chi connectivity index (χ0n) is 11.9. The molecular weight excluding hydrogens is 318 g/mol. The summed E-state index contributed by atoms with van der Waals surface area (Å²) in [7, 11) is 0. The highest BCUT2D eigenvalue weighted by Gasteiger charge is 2.09. The number of fused-ring (bicyclic) bond motifs is 1. The molecule has 108 valence electrons. The number of anilines is 1. The smallest absolute Gasteiger partial charge is 0.153 e. The van der Waals surface area contributed by atoms with E-state index in [2.05, 4.69) is 39.7 Å². The van der Waals surface area contributed by atoms with Gasteiger partial charge in [-0.25, -0.2) is 0 Å². The first-order chi connectivity index (χ1) is 9.65. The maximum Gasteiger partial charge on any atom is 0.153 e. The van der Waals surface area contributed by atoms with Crippen molar-refractivity contribution in [3.05, 3.63) is 28.9 Å². The van der Waals surface area contributed by atoms with E-state index in [1.165, 1.54) is 0 Å². The van der Waals surface area contributed by atoms with Gasteiger partial charge in [-0.3, -0.25) is 4.98 Å². The van der Waals surface area contributed by atoms with E-state index >= 15 is 0 Å². The number of aromatic nitrogens is 1. The van der Waals surface area contributed by atoms with Crippen molar-refractivity contribution < 1.29 is 4.74 Å². The number of likely N-dealkylation sites (N-methyl/N-ethyl adjacent to an activating group) is 1. The van der Waals surface area contributed by atoms with Crippen LogP contribution in [0.25, 0.3) is 10.9 Å². The molecule has 0 bridgehead atoms. The minimum Gasteiger partial charge on any atom is -0.489 e. The predicted octanol–water partition coefficient (Wildman–Crippen LogP) is 3.30. The van der Waals surface area contributed by atoms with Crippen LogP contribution in [0.2, 0.25) is 0 Å². The first-order valence-corrected chi connectivity index (χ1v) is 7.63. The van der Waals surface area contributed by atoms with Crippen LogP contribution in [0.4, 0.5) is 5.69 Å². The van der Waals surface area contributed by atoms with Gasteiger partial charge in [-0.1, -0.05) is 29.8 Å². The van der Waals surface area contributed by atoms with E-state index in [1.54, 1.807) is 6.20 Å². The van der Waals surface area contributed by atoms with Crippen molar-refractivity contribution in [3.8, 4) is 5.75 Å². The first-order valence-electron chi connectivity index (χ1n) is 6.84. The van der Waals surface area contributed by atoms with Gasteiger partial charge < -0.3 is 15.4 Å². The SMILES string of the molecule is CCN(CC)CCOc1c(N)cnc2ccc(Br)cc12. The summed E-state index contributed by atoms with van der Waals surface area (Å²) in [5, 5.41) is 0.943. The average Bonchev–Trinajstić information content (AvgIpc) is 2.45. The van der Waals surface area contributed by atoms with Crippen molar-refractivity contribution in [1.29, 1.82) is 0 Å². The van der Waals surface area contributed by atoms with E-state index in [1.807, 2.05) is 18.2 Å². The zero-order valence-corrected chi connectivity index (χ0v) is 13.5. The van der Waals surface area contributed by atoms with Crippen LogP contribution in [-0.2, 0) is 0 Å². The summed E-state index contributed by atoms with van der Waals surface area (Å²) >= 11 is 3.47. The second kappa shape index (κ2) is 6.90. The molecule has 0 amide bonds. The Morgan fingerprint density at radius 2 is 2.05 bits per heavy atom. The lowest BCUT2D eigenvalue weighted by molar-refractivity contribution is 0.225. The van der Waals surface area contributed by atoms with Gasteiger partial charge in [0.15, 0.2) is 5.75 Å². The normalized spacial score (nSPS) is 11.2. The Bertz CT molecular complexity index is 579. The maximum absolute atomic E-state index is 6.00. The molecule has 0 unspecified atom stereocenters. The summed E-state index contributed by atoms with van der Waals surface area (Å²) < 4.78 is 6.90. The van der Waals surface area contributed by atoms with Crippen LogP contribution >= 0.6 is 15.9 Å². The number of nitrogens with two attached hydrogens (primary N) is 1. The van der Waals surface area contributed by atoms with Crippen molar-refractivity contribution in [2.45, 2.75) is 13.8 Å². The lowest BCUT2D eigenvalue weighted by atomic mass is 10.2. The van der Waals surface area contributed by atoms with Crippen LogP contribution in [0.5, 0.6) is 5.75 Å².